The van der Waals surface area contributed by atoms with E-state index in [0.29, 0.717) is 0 Å². The summed E-state index contributed by atoms with van der Waals surface area (Å²) in [7, 11) is 0. The van der Waals surface area contributed by atoms with Crippen molar-refractivity contribution >= 4 is 54.8 Å². The molecule has 2 aromatic heterocycles. The average Bonchev–Trinajstić information content (AvgIpc) is 3.22. The van der Waals surface area contributed by atoms with Crippen LogP contribution in [0, 0.1) is 10.8 Å². The monoisotopic (exact) mass is 394 g/mol. The van der Waals surface area contributed by atoms with Gasteiger partial charge in [-0.2, -0.15) is 0 Å². The molecule has 0 bridgehead atoms. The molecule has 0 aliphatic carbocycles. The van der Waals surface area contributed by atoms with Crippen molar-refractivity contribution in [1.82, 2.24) is 9.97 Å². The Morgan fingerprint density at radius 2 is 1.22 bits per heavy atom. The van der Waals surface area contributed by atoms with Gasteiger partial charge in [0.05, 0.1) is 30.4 Å². The molecular weight excluding hydrogens is 376 g/mol. The lowest BCUT2D eigenvalue weighted by Crippen LogP contribution is -2.10. The van der Waals surface area contributed by atoms with Crippen molar-refractivity contribution in [2.45, 2.75) is 19.3 Å². The van der Waals surface area contributed by atoms with Crippen LogP contribution in [-0.2, 0) is 12.8 Å². The summed E-state index contributed by atoms with van der Waals surface area (Å²) >= 11 is 3.31. The number of hydrogen-bond donors (Lipinski definition) is 4. The quantitative estimate of drug-likeness (QED) is 0.294. The van der Waals surface area contributed by atoms with Gasteiger partial charge in [-0.05, 0) is 55.7 Å². The number of thiazole rings is 2. The molecule has 4 rings (SSSR count). The van der Waals surface area contributed by atoms with Crippen molar-refractivity contribution in [1.29, 1.82) is 10.8 Å². The molecule has 27 heavy (non-hydrogen) atoms. The summed E-state index contributed by atoms with van der Waals surface area (Å²) in [6, 6.07) is 11.4. The lowest BCUT2D eigenvalue weighted by atomic mass is 10.2. The van der Waals surface area contributed by atoms with Crippen LogP contribution in [0.15, 0.2) is 36.4 Å². The van der Waals surface area contributed by atoms with E-state index in [9.17, 15) is 0 Å². The Kier molecular flexibility index (Phi) is 4.59. The number of amidine groups is 2. The third kappa shape index (κ3) is 3.67. The van der Waals surface area contributed by atoms with E-state index >= 15 is 0 Å². The molecular formula is C19H18N6S2. The van der Waals surface area contributed by atoms with Crippen LogP contribution in [0.1, 0.15) is 27.6 Å². The predicted octanol–water partition coefficient (Wildman–Crippen LogP) is 3.65. The number of rotatable bonds is 6. The third-order valence-corrected chi connectivity index (χ3v) is 6.42. The minimum Gasteiger partial charge on any atom is -0.384 e. The van der Waals surface area contributed by atoms with E-state index in [1.165, 1.54) is 0 Å². The Labute approximate surface area is 163 Å². The van der Waals surface area contributed by atoms with Crippen LogP contribution in [-0.4, -0.2) is 21.6 Å². The van der Waals surface area contributed by atoms with Crippen molar-refractivity contribution in [3.8, 4) is 0 Å². The van der Waals surface area contributed by atoms with Crippen molar-refractivity contribution in [3.05, 3.63) is 57.5 Å². The first-order chi connectivity index (χ1) is 13.0. The highest BCUT2D eigenvalue weighted by Gasteiger charge is 2.09. The summed E-state index contributed by atoms with van der Waals surface area (Å²) in [6.07, 6.45) is 2.76. The maximum Gasteiger partial charge on any atom is 0.122 e. The Morgan fingerprint density at radius 3 is 1.63 bits per heavy atom. The summed E-state index contributed by atoms with van der Waals surface area (Å²) < 4.78 is 2.13. The zero-order valence-electron chi connectivity index (χ0n) is 14.5. The van der Waals surface area contributed by atoms with E-state index in [2.05, 4.69) is 9.97 Å². The number of aromatic nitrogens is 2. The molecule has 0 aliphatic rings. The lowest BCUT2D eigenvalue weighted by molar-refractivity contribution is 0.812. The zero-order chi connectivity index (χ0) is 19.0. The third-order valence-electron chi connectivity index (χ3n) is 4.27. The number of fused-ring (bicyclic) bond motifs is 2. The van der Waals surface area contributed by atoms with E-state index < -0.39 is 0 Å². The van der Waals surface area contributed by atoms with Gasteiger partial charge in [-0.15, -0.1) is 22.7 Å². The molecule has 0 spiro atoms. The SMILES string of the molecule is N=C(N)c1ccc2nc(CCCc3nc4ccc(C(=N)N)cc4s3)sc2c1. The molecule has 0 saturated heterocycles. The molecule has 2 heterocycles. The van der Waals surface area contributed by atoms with Gasteiger partial charge < -0.3 is 11.5 Å². The second-order valence-electron chi connectivity index (χ2n) is 6.26. The minimum absolute atomic E-state index is 0.0793. The molecule has 0 amide bonds. The van der Waals surface area contributed by atoms with Crippen LogP contribution in [0.2, 0.25) is 0 Å². The average molecular weight is 395 g/mol. The number of nitrogens with zero attached hydrogens (tertiary/aromatic N) is 2. The molecule has 0 saturated carbocycles. The summed E-state index contributed by atoms with van der Waals surface area (Å²) in [5.41, 5.74) is 14.5. The maximum atomic E-state index is 7.54. The molecule has 0 atom stereocenters. The summed E-state index contributed by atoms with van der Waals surface area (Å²) in [5.74, 6) is 0.159. The molecule has 6 N–H and O–H groups in total. The van der Waals surface area contributed by atoms with Crippen LogP contribution in [0.25, 0.3) is 20.4 Å². The van der Waals surface area contributed by atoms with Crippen LogP contribution < -0.4 is 11.5 Å². The van der Waals surface area contributed by atoms with E-state index in [0.717, 1.165) is 60.8 Å². The number of aryl methyl sites for hydroxylation is 2. The summed E-state index contributed by atoms with van der Waals surface area (Å²) in [5, 5.41) is 17.3. The van der Waals surface area contributed by atoms with Crippen molar-refractivity contribution in [2.24, 2.45) is 11.5 Å². The van der Waals surface area contributed by atoms with Gasteiger partial charge in [0, 0.05) is 11.1 Å². The molecule has 0 unspecified atom stereocenters. The van der Waals surface area contributed by atoms with Gasteiger partial charge >= 0.3 is 0 Å². The number of benzene rings is 2. The first-order valence-electron chi connectivity index (χ1n) is 8.47. The second kappa shape index (κ2) is 7.05. The lowest BCUT2D eigenvalue weighted by Gasteiger charge is -1.95. The Balaban J connectivity index is 1.44. The summed E-state index contributed by atoms with van der Waals surface area (Å²) in [6.45, 7) is 0. The van der Waals surface area contributed by atoms with Gasteiger partial charge in [-0.1, -0.05) is 0 Å². The number of hydrogen-bond acceptors (Lipinski definition) is 6. The van der Waals surface area contributed by atoms with Crippen molar-refractivity contribution in [3.63, 3.8) is 0 Å². The van der Waals surface area contributed by atoms with Crippen molar-refractivity contribution < 1.29 is 0 Å². The highest BCUT2D eigenvalue weighted by Crippen LogP contribution is 2.27. The Hall–Kier alpha value is -2.84. The van der Waals surface area contributed by atoms with Crippen LogP contribution in [0.5, 0.6) is 0 Å². The molecule has 8 heteroatoms. The topological polar surface area (TPSA) is 126 Å². The number of nitrogens with one attached hydrogen (secondary N) is 2. The van der Waals surface area contributed by atoms with Crippen LogP contribution >= 0.6 is 22.7 Å². The molecule has 0 aliphatic heterocycles. The fourth-order valence-corrected chi connectivity index (χ4v) is 4.98. The van der Waals surface area contributed by atoms with E-state index in [-0.39, 0.29) is 11.7 Å². The largest absolute Gasteiger partial charge is 0.384 e. The maximum absolute atomic E-state index is 7.54. The van der Waals surface area contributed by atoms with E-state index in [1.807, 2.05) is 36.4 Å². The zero-order valence-corrected chi connectivity index (χ0v) is 16.1. The number of nitrogen functional groups attached to an aromatic ring is 2. The van der Waals surface area contributed by atoms with Crippen molar-refractivity contribution in [2.75, 3.05) is 0 Å². The smallest absolute Gasteiger partial charge is 0.122 e. The minimum atomic E-state index is 0.0793. The fourth-order valence-electron chi connectivity index (χ4n) is 2.88. The Bertz CT molecular complexity index is 1080. The van der Waals surface area contributed by atoms with Gasteiger partial charge in [0.15, 0.2) is 0 Å². The molecule has 136 valence electrons. The molecule has 0 fully saturated rings. The first kappa shape index (κ1) is 17.6. The second-order valence-corrected chi connectivity index (χ2v) is 8.49. The van der Waals surface area contributed by atoms with Gasteiger partial charge in [-0.25, -0.2) is 9.97 Å². The van der Waals surface area contributed by atoms with Gasteiger partial charge in [-0.3, -0.25) is 10.8 Å². The van der Waals surface area contributed by atoms with Crippen LogP contribution in [0.3, 0.4) is 0 Å². The van der Waals surface area contributed by atoms with E-state index in [4.69, 9.17) is 22.3 Å². The molecule has 2 aromatic carbocycles. The molecule has 0 radical (unpaired) electrons. The Morgan fingerprint density at radius 1 is 0.778 bits per heavy atom. The van der Waals surface area contributed by atoms with Gasteiger partial charge in [0.2, 0.25) is 0 Å². The molecule has 6 nitrogen and oxygen atoms in total. The summed E-state index contributed by atoms with van der Waals surface area (Å²) in [4.78, 5) is 9.34. The van der Waals surface area contributed by atoms with Crippen LogP contribution in [0.4, 0.5) is 0 Å². The predicted molar refractivity (Wildman–Crippen MR) is 113 cm³/mol. The van der Waals surface area contributed by atoms with Gasteiger partial charge in [0.25, 0.3) is 0 Å². The first-order valence-corrected chi connectivity index (χ1v) is 10.1. The van der Waals surface area contributed by atoms with Gasteiger partial charge in [0.1, 0.15) is 11.7 Å². The normalized spacial score (nSPS) is 11.3. The fraction of sp³-hybridized carbons (Fsp3) is 0.158. The molecule has 4 aromatic rings. The standard InChI is InChI=1S/C19H18N6S2/c20-18(21)10-4-6-12-14(8-10)26-16(24-12)2-1-3-17-25-13-7-5-11(19(22)23)9-15(13)27-17/h4-9H,1-3H2,(H3,20,21)(H3,22,23). The highest BCUT2D eigenvalue weighted by atomic mass is 32.1. The number of nitrogens with two attached hydrogens (primary N) is 2. The van der Waals surface area contributed by atoms with E-state index in [1.54, 1.807) is 22.7 Å². The highest BCUT2D eigenvalue weighted by molar-refractivity contribution is 7.19.